The lowest BCUT2D eigenvalue weighted by Gasteiger charge is -2.26. The van der Waals surface area contributed by atoms with Crippen LogP contribution in [0.25, 0.3) is 10.9 Å². The number of hydrogen-bond donors (Lipinski definition) is 2. The van der Waals surface area contributed by atoms with Crippen LogP contribution in [0.1, 0.15) is 67.4 Å². The second-order valence-corrected chi connectivity index (χ2v) is 11.6. The zero-order valence-corrected chi connectivity index (χ0v) is 23.7. The number of fused-ring (bicyclic) bond motifs is 2. The minimum absolute atomic E-state index is 0.0958. The lowest BCUT2D eigenvalue weighted by Crippen LogP contribution is -2.34. The summed E-state index contributed by atoms with van der Waals surface area (Å²) in [4.78, 5) is 19.4. The molecule has 0 bridgehead atoms. The maximum absolute atomic E-state index is 15.4. The van der Waals surface area contributed by atoms with E-state index in [1.807, 2.05) is 33.8 Å². The molecule has 220 valence electrons. The third-order valence-electron chi connectivity index (χ3n) is 8.98. The number of benzene rings is 1. The number of aryl methyl sites for hydroxylation is 1. The highest BCUT2D eigenvalue weighted by molar-refractivity contribution is 5.88. The Morgan fingerprint density at radius 1 is 1.32 bits per heavy atom. The van der Waals surface area contributed by atoms with Gasteiger partial charge in [0.2, 0.25) is 0 Å². The Kier molecular flexibility index (Phi) is 8.39. The van der Waals surface area contributed by atoms with Crippen LogP contribution in [-0.4, -0.2) is 76.9 Å². The number of para-hydroxylation sites is 1. The molecule has 0 spiro atoms. The molecule has 0 saturated carbocycles. The first kappa shape index (κ1) is 27.9. The van der Waals surface area contributed by atoms with Gasteiger partial charge in [-0.1, -0.05) is 24.6 Å². The van der Waals surface area contributed by atoms with E-state index in [2.05, 4.69) is 10.4 Å². The number of aromatic nitrogens is 3. The Morgan fingerprint density at radius 3 is 3.02 bits per heavy atom. The van der Waals surface area contributed by atoms with Crippen molar-refractivity contribution in [2.75, 3.05) is 45.3 Å². The van der Waals surface area contributed by atoms with E-state index in [-0.39, 0.29) is 12.0 Å². The van der Waals surface area contributed by atoms with Crippen molar-refractivity contribution in [2.24, 2.45) is 5.92 Å². The molecule has 0 unspecified atom stereocenters. The SMILES string of the molecule is COc1cc(CCCC[C@@H](F)[C@@H]2CCN([C@@H](C(=O)O)c3cccc4cnn([C@H]5CCOC5)c34)C2)nc2c1CCCN2. The second-order valence-electron chi connectivity index (χ2n) is 11.6. The molecule has 0 amide bonds. The Morgan fingerprint density at radius 2 is 2.22 bits per heavy atom. The summed E-state index contributed by atoms with van der Waals surface area (Å²) < 4.78 is 28.5. The number of alkyl halides is 1. The lowest BCUT2D eigenvalue weighted by atomic mass is 9.97. The first-order valence-electron chi connectivity index (χ1n) is 15.0. The smallest absolute Gasteiger partial charge is 0.325 e. The quantitative estimate of drug-likeness (QED) is 0.315. The van der Waals surface area contributed by atoms with Gasteiger partial charge in [-0.3, -0.25) is 14.4 Å². The number of methoxy groups -OCH3 is 1. The topological polar surface area (TPSA) is 102 Å². The first-order chi connectivity index (χ1) is 20.0. The minimum Gasteiger partial charge on any atom is -0.496 e. The zero-order chi connectivity index (χ0) is 28.3. The third-order valence-corrected chi connectivity index (χ3v) is 8.98. The molecule has 3 aliphatic heterocycles. The average Bonchev–Trinajstić information content (AvgIpc) is 3.76. The molecule has 0 radical (unpaired) electrons. The lowest BCUT2D eigenvalue weighted by molar-refractivity contribution is -0.143. The number of likely N-dealkylation sites (tertiary alicyclic amines) is 1. The Balaban J connectivity index is 1.07. The van der Waals surface area contributed by atoms with Crippen LogP contribution >= 0.6 is 0 Å². The molecule has 2 N–H and O–H groups in total. The maximum atomic E-state index is 15.4. The summed E-state index contributed by atoms with van der Waals surface area (Å²) in [6, 6.07) is 7.01. The number of carbonyl (C=O) groups is 1. The van der Waals surface area contributed by atoms with E-state index in [9.17, 15) is 9.90 Å². The molecule has 10 heteroatoms. The predicted molar refractivity (Wildman–Crippen MR) is 154 cm³/mol. The normalized spacial score (nSPS) is 22.4. The van der Waals surface area contributed by atoms with Crippen molar-refractivity contribution < 1.29 is 23.8 Å². The first-order valence-corrected chi connectivity index (χ1v) is 15.0. The van der Waals surface area contributed by atoms with Crippen LogP contribution in [-0.2, 0) is 22.4 Å². The molecule has 6 rings (SSSR count). The van der Waals surface area contributed by atoms with Crippen molar-refractivity contribution in [3.63, 3.8) is 0 Å². The number of carboxylic acid groups (broad SMARTS) is 1. The van der Waals surface area contributed by atoms with E-state index < -0.39 is 18.2 Å². The third kappa shape index (κ3) is 5.77. The molecule has 2 saturated heterocycles. The Hall–Kier alpha value is -3.24. The number of rotatable bonds is 11. The van der Waals surface area contributed by atoms with E-state index in [1.165, 1.54) is 0 Å². The fourth-order valence-electron chi connectivity index (χ4n) is 6.82. The molecule has 9 nitrogen and oxygen atoms in total. The maximum Gasteiger partial charge on any atom is 0.325 e. The van der Waals surface area contributed by atoms with Gasteiger partial charge in [0.1, 0.15) is 23.8 Å². The van der Waals surface area contributed by atoms with Crippen LogP contribution in [0.3, 0.4) is 0 Å². The van der Waals surface area contributed by atoms with E-state index in [0.717, 1.165) is 84.4 Å². The van der Waals surface area contributed by atoms with Crippen LogP contribution in [0.4, 0.5) is 10.2 Å². The number of unbranched alkanes of at least 4 members (excludes halogenated alkanes) is 1. The molecule has 3 aliphatic rings. The summed E-state index contributed by atoms with van der Waals surface area (Å²) in [7, 11) is 1.70. The number of aliphatic carboxylic acids is 1. The summed E-state index contributed by atoms with van der Waals surface area (Å²) in [5, 5.41) is 19.2. The monoisotopic (exact) mass is 565 g/mol. The van der Waals surface area contributed by atoms with Gasteiger partial charge in [0.05, 0.1) is 31.5 Å². The second kappa shape index (κ2) is 12.3. The Labute approximate surface area is 240 Å². The highest BCUT2D eigenvalue weighted by Crippen LogP contribution is 2.36. The van der Waals surface area contributed by atoms with E-state index in [1.54, 1.807) is 13.3 Å². The minimum atomic E-state index is -0.959. The zero-order valence-electron chi connectivity index (χ0n) is 23.7. The standard InChI is InChI=1S/C31H40FN5O4/c1-40-27-16-22(35-30-24(27)9-5-13-33-30)7-2-3-10-26(32)21-11-14-36(18-21)29(31(38)39)25-8-4-6-20-17-34-37(28(20)25)23-12-15-41-19-23/h4,6,8,16-17,21,23,26,29H,2-3,5,7,9-15,18-19H2,1H3,(H,33,35)(H,38,39)/t21-,23+,26-,29-/m1/s1. The van der Waals surface area contributed by atoms with Crippen molar-refractivity contribution in [2.45, 2.75) is 69.6 Å². The van der Waals surface area contributed by atoms with Crippen molar-refractivity contribution in [1.29, 1.82) is 0 Å². The molecule has 4 atom stereocenters. The summed E-state index contributed by atoms with van der Waals surface area (Å²) >= 11 is 0. The van der Waals surface area contributed by atoms with Crippen LogP contribution < -0.4 is 10.1 Å². The van der Waals surface area contributed by atoms with Gasteiger partial charge in [0, 0.05) is 53.9 Å². The van der Waals surface area contributed by atoms with Gasteiger partial charge in [0.25, 0.3) is 0 Å². The molecule has 3 aromatic rings. The predicted octanol–water partition coefficient (Wildman–Crippen LogP) is 4.96. The summed E-state index contributed by atoms with van der Waals surface area (Å²) in [6.07, 6.45) is 7.25. The van der Waals surface area contributed by atoms with Gasteiger partial charge in [-0.15, -0.1) is 0 Å². The molecule has 5 heterocycles. The molecule has 41 heavy (non-hydrogen) atoms. The van der Waals surface area contributed by atoms with Crippen molar-refractivity contribution in [3.8, 4) is 5.75 Å². The number of ether oxygens (including phenoxy) is 2. The van der Waals surface area contributed by atoms with Crippen LogP contribution in [0, 0.1) is 5.92 Å². The molecule has 2 aromatic heterocycles. The largest absolute Gasteiger partial charge is 0.496 e. The van der Waals surface area contributed by atoms with Crippen LogP contribution in [0.5, 0.6) is 5.75 Å². The molecular formula is C31H40FN5O4. The van der Waals surface area contributed by atoms with Crippen LogP contribution in [0.15, 0.2) is 30.5 Å². The summed E-state index contributed by atoms with van der Waals surface area (Å²) in [5.74, 6) is 0.722. The summed E-state index contributed by atoms with van der Waals surface area (Å²) in [6.45, 7) is 3.17. The van der Waals surface area contributed by atoms with Gasteiger partial charge in [-0.25, -0.2) is 9.37 Å². The summed E-state index contributed by atoms with van der Waals surface area (Å²) in [5.41, 5.74) is 3.68. The van der Waals surface area contributed by atoms with E-state index >= 15 is 4.39 Å². The van der Waals surface area contributed by atoms with Crippen molar-refractivity contribution in [3.05, 3.63) is 47.3 Å². The van der Waals surface area contributed by atoms with Gasteiger partial charge < -0.3 is 19.9 Å². The molecular weight excluding hydrogens is 525 g/mol. The fraction of sp³-hybridized carbons (Fsp3) is 0.581. The number of halogens is 1. The van der Waals surface area contributed by atoms with Gasteiger partial charge >= 0.3 is 5.97 Å². The number of pyridine rings is 1. The highest BCUT2D eigenvalue weighted by atomic mass is 19.1. The van der Waals surface area contributed by atoms with Crippen molar-refractivity contribution >= 4 is 22.7 Å². The number of nitrogens with one attached hydrogen (secondary N) is 1. The van der Waals surface area contributed by atoms with Gasteiger partial charge in [-0.05, 0) is 51.5 Å². The van der Waals surface area contributed by atoms with E-state index in [0.29, 0.717) is 39.1 Å². The average molecular weight is 566 g/mol. The van der Waals surface area contributed by atoms with E-state index in [4.69, 9.17) is 14.5 Å². The van der Waals surface area contributed by atoms with Gasteiger partial charge in [-0.2, -0.15) is 5.10 Å². The number of hydrogen-bond acceptors (Lipinski definition) is 7. The number of nitrogens with zero attached hydrogens (tertiary/aromatic N) is 4. The molecule has 0 aliphatic carbocycles. The molecule has 2 fully saturated rings. The van der Waals surface area contributed by atoms with Crippen molar-refractivity contribution in [1.82, 2.24) is 19.7 Å². The Bertz CT molecular complexity index is 1360. The number of anilines is 1. The van der Waals surface area contributed by atoms with Gasteiger partial charge in [0.15, 0.2) is 0 Å². The fourth-order valence-corrected chi connectivity index (χ4v) is 6.82. The highest BCUT2D eigenvalue weighted by Gasteiger charge is 2.38. The van der Waals surface area contributed by atoms with Crippen LogP contribution in [0.2, 0.25) is 0 Å². The molecule has 1 aromatic carbocycles. The number of carboxylic acids is 1.